The summed E-state index contributed by atoms with van der Waals surface area (Å²) >= 11 is 5.05. The molecule has 2 amide bonds. The highest BCUT2D eigenvalue weighted by Crippen LogP contribution is 2.51. The standard InChI is InChI=1S/C33H33BBrNO5S/c1-2-20-17-26-31(33(39)36(32(26)38)19-25-9-6-14-42-25)27-18-34(40)41-29(30(20)27)13-10-22(21-7-4-3-5-8-21)15-23-16-24(35)11-12-28(23)37/h3-9,11-12,14-16,26-27,29,31,37,40H,2,10,13,17-19H2,1H3/b22-15-/t26-,27+,29-,31-/m1/s1. The number of imide groups is 1. The number of amides is 2. The first kappa shape index (κ1) is 29.1. The minimum Gasteiger partial charge on any atom is -0.507 e. The average Bonchev–Trinajstić information content (AvgIpc) is 3.59. The maximum absolute atomic E-state index is 13.8. The lowest BCUT2D eigenvalue weighted by atomic mass is 9.58. The Balaban J connectivity index is 1.30. The monoisotopic (exact) mass is 645 g/mol. The van der Waals surface area contributed by atoms with Crippen molar-refractivity contribution in [3.8, 4) is 5.75 Å². The van der Waals surface area contributed by atoms with Gasteiger partial charge in [0.1, 0.15) is 5.75 Å². The van der Waals surface area contributed by atoms with Crippen molar-refractivity contribution in [1.29, 1.82) is 0 Å². The van der Waals surface area contributed by atoms with E-state index in [9.17, 15) is 19.7 Å². The van der Waals surface area contributed by atoms with E-state index in [0.29, 0.717) is 37.7 Å². The van der Waals surface area contributed by atoms with E-state index in [1.807, 2.05) is 60.0 Å². The van der Waals surface area contributed by atoms with E-state index < -0.39 is 13.0 Å². The largest absolute Gasteiger partial charge is 0.507 e. The van der Waals surface area contributed by atoms with Crippen molar-refractivity contribution in [1.82, 2.24) is 4.90 Å². The number of phenols is 1. The van der Waals surface area contributed by atoms with Crippen molar-refractivity contribution in [3.63, 3.8) is 0 Å². The average molecular weight is 646 g/mol. The number of halogens is 1. The topological polar surface area (TPSA) is 87.1 Å². The molecule has 0 saturated carbocycles. The molecule has 6 rings (SSSR count). The van der Waals surface area contributed by atoms with Crippen LogP contribution in [0.15, 0.2) is 81.7 Å². The van der Waals surface area contributed by atoms with Crippen molar-refractivity contribution in [2.24, 2.45) is 17.8 Å². The lowest BCUT2D eigenvalue weighted by molar-refractivity contribution is -0.140. The predicted molar refractivity (Wildman–Crippen MR) is 169 cm³/mol. The molecule has 3 aliphatic rings. The molecule has 9 heteroatoms. The summed E-state index contributed by atoms with van der Waals surface area (Å²) in [6.45, 7) is 2.40. The zero-order chi connectivity index (χ0) is 29.4. The highest BCUT2D eigenvalue weighted by atomic mass is 79.9. The molecular weight excluding hydrogens is 613 g/mol. The van der Waals surface area contributed by atoms with Crippen LogP contribution in [-0.2, 0) is 20.8 Å². The van der Waals surface area contributed by atoms with Gasteiger partial charge in [-0.05, 0) is 90.4 Å². The normalized spacial score (nSPS) is 24.3. The molecule has 0 spiro atoms. The van der Waals surface area contributed by atoms with Gasteiger partial charge in [-0.15, -0.1) is 11.3 Å². The Morgan fingerprint density at radius 3 is 2.67 bits per heavy atom. The second-order valence-electron chi connectivity index (χ2n) is 11.3. The fourth-order valence-electron chi connectivity index (χ4n) is 6.95. The smallest absolute Gasteiger partial charge is 0.455 e. The Labute approximate surface area is 259 Å². The quantitative estimate of drug-likeness (QED) is 0.120. The number of phenolic OH excluding ortho intramolecular Hbond substituents is 1. The van der Waals surface area contributed by atoms with Gasteiger partial charge in [0.25, 0.3) is 0 Å². The highest BCUT2D eigenvalue weighted by Gasteiger charge is 2.57. The lowest BCUT2D eigenvalue weighted by Gasteiger charge is -2.43. The molecule has 0 radical (unpaired) electrons. The van der Waals surface area contributed by atoms with Crippen molar-refractivity contribution in [2.75, 3.05) is 0 Å². The first-order chi connectivity index (χ1) is 20.3. The summed E-state index contributed by atoms with van der Waals surface area (Å²) in [6, 6.07) is 19.3. The van der Waals surface area contributed by atoms with Crippen LogP contribution in [-0.4, -0.2) is 40.1 Å². The fraction of sp³-hybridized carbons (Fsp3) is 0.333. The summed E-state index contributed by atoms with van der Waals surface area (Å²) in [5.74, 6) is -1.10. The van der Waals surface area contributed by atoms with Crippen LogP contribution in [0.4, 0.5) is 0 Å². The van der Waals surface area contributed by atoms with E-state index in [1.54, 1.807) is 23.5 Å². The maximum atomic E-state index is 13.8. The molecule has 42 heavy (non-hydrogen) atoms. The van der Waals surface area contributed by atoms with Gasteiger partial charge in [-0.1, -0.05) is 64.8 Å². The molecule has 0 unspecified atom stereocenters. The van der Waals surface area contributed by atoms with E-state index in [4.69, 9.17) is 4.65 Å². The van der Waals surface area contributed by atoms with Gasteiger partial charge in [0, 0.05) is 14.9 Å². The van der Waals surface area contributed by atoms with E-state index in [0.717, 1.165) is 32.5 Å². The SMILES string of the molecule is CCC1=C2[C@@H](CC/C(=C/c3cc(Br)ccc3O)c3ccccc3)OB(O)C[C@@H]2[C@@H]2C(=O)N(Cc3cccs3)C(=O)[C@@H]2C1. The summed E-state index contributed by atoms with van der Waals surface area (Å²) in [7, 11) is -1.01. The van der Waals surface area contributed by atoms with Gasteiger partial charge >= 0.3 is 7.12 Å². The van der Waals surface area contributed by atoms with Crippen LogP contribution in [0.3, 0.4) is 0 Å². The minimum atomic E-state index is -1.01. The summed E-state index contributed by atoms with van der Waals surface area (Å²) in [4.78, 5) is 29.7. The van der Waals surface area contributed by atoms with Gasteiger partial charge in [0.2, 0.25) is 11.8 Å². The number of carbonyl (C=O) groups is 2. The van der Waals surface area contributed by atoms with Crippen molar-refractivity contribution in [3.05, 3.63) is 97.7 Å². The predicted octanol–water partition coefficient (Wildman–Crippen LogP) is 6.94. The molecule has 2 N–H and O–H groups in total. The van der Waals surface area contributed by atoms with Crippen LogP contribution in [0.5, 0.6) is 5.75 Å². The lowest BCUT2D eigenvalue weighted by Crippen LogP contribution is -2.46. The number of allylic oxidation sites excluding steroid dienone is 2. The third-order valence-corrected chi connectivity index (χ3v) is 10.2. The molecule has 1 aromatic heterocycles. The van der Waals surface area contributed by atoms with Crippen LogP contribution in [0.1, 0.15) is 48.6 Å². The summed E-state index contributed by atoms with van der Waals surface area (Å²) < 4.78 is 7.07. The molecule has 2 saturated heterocycles. The Morgan fingerprint density at radius 1 is 1.12 bits per heavy atom. The second-order valence-corrected chi connectivity index (χ2v) is 13.2. The van der Waals surface area contributed by atoms with Crippen LogP contribution >= 0.6 is 27.3 Å². The number of nitrogens with zero attached hydrogens (tertiary/aromatic N) is 1. The van der Waals surface area contributed by atoms with E-state index >= 15 is 0 Å². The number of rotatable bonds is 8. The first-order valence-electron chi connectivity index (χ1n) is 14.5. The molecule has 2 fully saturated rings. The number of likely N-dealkylation sites (tertiary alicyclic amines) is 1. The number of hydrogen-bond acceptors (Lipinski definition) is 6. The van der Waals surface area contributed by atoms with Crippen LogP contribution in [0.2, 0.25) is 6.32 Å². The third-order valence-electron chi connectivity index (χ3n) is 8.86. The van der Waals surface area contributed by atoms with Crippen LogP contribution < -0.4 is 0 Å². The first-order valence-corrected chi connectivity index (χ1v) is 16.2. The molecule has 3 heterocycles. The van der Waals surface area contributed by atoms with Crippen molar-refractivity contribution < 1.29 is 24.4 Å². The van der Waals surface area contributed by atoms with E-state index in [-0.39, 0.29) is 35.5 Å². The molecule has 4 atom stereocenters. The molecule has 0 bridgehead atoms. The van der Waals surface area contributed by atoms with Gasteiger partial charge < -0.3 is 14.8 Å². The molecular formula is C33H33BBrNO5S. The molecule has 6 nitrogen and oxygen atoms in total. The molecule has 216 valence electrons. The van der Waals surface area contributed by atoms with Crippen LogP contribution in [0.25, 0.3) is 11.6 Å². The van der Waals surface area contributed by atoms with Crippen LogP contribution in [0, 0.1) is 17.8 Å². The van der Waals surface area contributed by atoms with Crippen molar-refractivity contribution >= 4 is 57.8 Å². The summed E-state index contributed by atoms with van der Waals surface area (Å²) in [5, 5.41) is 23.4. The van der Waals surface area contributed by atoms with Gasteiger partial charge in [-0.2, -0.15) is 0 Å². The van der Waals surface area contributed by atoms with Crippen molar-refractivity contribution in [2.45, 2.75) is 51.6 Å². The Morgan fingerprint density at radius 2 is 1.93 bits per heavy atom. The summed E-state index contributed by atoms with van der Waals surface area (Å²) in [5.41, 5.74) is 5.05. The summed E-state index contributed by atoms with van der Waals surface area (Å²) in [6.07, 6.45) is 4.50. The van der Waals surface area contributed by atoms with Gasteiger partial charge in [0.15, 0.2) is 0 Å². The molecule has 3 aromatic rings. The number of hydrogen-bond donors (Lipinski definition) is 2. The second kappa shape index (κ2) is 12.3. The number of aromatic hydroxyl groups is 1. The molecule has 2 aliphatic heterocycles. The van der Waals surface area contributed by atoms with Gasteiger partial charge in [0.05, 0.1) is 24.5 Å². The molecule has 1 aliphatic carbocycles. The van der Waals surface area contributed by atoms with E-state index in [1.165, 1.54) is 10.5 Å². The minimum absolute atomic E-state index is 0.0935. The third kappa shape index (κ3) is 5.67. The Kier molecular flexibility index (Phi) is 8.55. The van der Waals surface area contributed by atoms with Gasteiger partial charge in [-0.25, -0.2) is 0 Å². The van der Waals surface area contributed by atoms with Gasteiger partial charge in [-0.3, -0.25) is 14.5 Å². The molecule has 2 aromatic carbocycles. The highest BCUT2D eigenvalue weighted by molar-refractivity contribution is 9.10. The number of fused-ring (bicyclic) bond motifs is 3. The zero-order valence-electron chi connectivity index (χ0n) is 23.4. The number of thiophene rings is 1. The Bertz CT molecular complexity index is 1540. The number of carbonyl (C=O) groups excluding carboxylic acids is 2. The van der Waals surface area contributed by atoms with E-state index in [2.05, 4.69) is 22.9 Å². The zero-order valence-corrected chi connectivity index (χ0v) is 25.8. The fourth-order valence-corrected chi connectivity index (χ4v) is 8.02. The Hall–Kier alpha value is -2.98. The number of benzene rings is 2. The maximum Gasteiger partial charge on any atom is 0.455 e.